The number of hydrogen-bond donors (Lipinski definition) is 5. The van der Waals surface area contributed by atoms with E-state index in [2.05, 4.69) is 31.6 Å². The fraction of sp³-hybridized carbons (Fsp3) is 0.481. The summed E-state index contributed by atoms with van der Waals surface area (Å²) in [6.45, 7) is 2.18. The molecular formula is C27H34N6O5S. The highest BCUT2D eigenvalue weighted by Crippen LogP contribution is 2.23. The molecule has 1 aromatic heterocycles. The van der Waals surface area contributed by atoms with Gasteiger partial charge in [0, 0.05) is 18.3 Å². The molecule has 2 aliphatic rings. The van der Waals surface area contributed by atoms with Gasteiger partial charge in [-0.3, -0.25) is 24.0 Å². The van der Waals surface area contributed by atoms with Crippen LogP contribution < -0.4 is 26.6 Å². The summed E-state index contributed by atoms with van der Waals surface area (Å²) in [5.74, 6) is -1.79. The monoisotopic (exact) mass is 554 g/mol. The Kier molecular flexibility index (Phi) is 9.64. The van der Waals surface area contributed by atoms with E-state index < -0.39 is 36.0 Å². The first-order chi connectivity index (χ1) is 18.8. The molecule has 0 spiro atoms. The van der Waals surface area contributed by atoms with Gasteiger partial charge in [-0.15, -0.1) is 11.3 Å². The molecule has 0 radical (unpaired) electrons. The molecule has 12 heteroatoms. The summed E-state index contributed by atoms with van der Waals surface area (Å²) < 4.78 is 0. The highest BCUT2D eigenvalue weighted by Gasteiger charge is 2.32. The SMILES string of the molecule is CC[C@H]1NC(=O)[C@@H](NC(=O)[C@@H]2CCC(=O)N2)CCCCNC(=O)c2csc(n2)[C@H](Cc2ccccc2)NC1=O. The first kappa shape index (κ1) is 28.2. The van der Waals surface area contributed by atoms with Gasteiger partial charge >= 0.3 is 0 Å². The Morgan fingerprint density at radius 3 is 2.49 bits per heavy atom. The number of nitrogens with one attached hydrogen (secondary N) is 5. The third kappa shape index (κ3) is 7.62. The minimum absolute atomic E-state index is 0.201. The summed E-state index contributed by atoms with van der Waals surface area (Å²) in [4.78, 5) is 68.2. The lowest BCUT2D eigenvalue weighted by molar-refractivity contribution is -0.133. The van der Waals surface area contributed by atoms with E-state index in [0.29, 0.717) is 55.8 Å². The van der Waals surface area contributed by atoms with Gasteiger partial charge in [-0.05, 0) is 44.1 Å². The molecule has 2 aliphatic heterocycles. The van der Waals surface area contributed by atoms with Crippen molar-refractivity contribution in [3.05, 3.63) is 52.0 Å². The Morgan fingerprint density at radius 1 is 1.00 bits per heavy atom. The van der Waals surface area contributed by atoms with Crippen LogP contribution in [0.15, 0.2) is 35.7 Å². The second-order valence-corrected chi connectivity index (χ2v) is 10.7. The molecule has 0 saturated carbocycles. The summed E-state index contributed by atoms with van der Waals surface area (Å²) in [7, 11) is 0. The molecule has 208 valence electrons. The van der Waals surface area contributed by atoms with E-state index in [1.165, 1.54) is 11.3 Å². The van der Waals surface area contributed by atoms with Crippen LogP contribution in [0.4, 0.5) is 0 Å². The Morgan fingerprint density at radius 2 is 1.77 bits per heavy atom. The number of aromatic nitrogens is 1. The van der Waals surface area contributed by atoms with E-state index in [4.69, 9.17) is 0 Å². The van der Waals surface area contributed by atoms with E-state index in [1.807, 2.05) is 30.3 Å². The summed E-state index contributed by atoms with van der Waals surface area (Å²) >= 11 is 1.30. The molecule has 0 unspecified atom stereocenters. The molecule has 5 amide bonds. The van der Waals surface area contributed by atoms with E-state index in [0.717, 1.165) is 5.56 Å². The predicted octanol–water partition coefficient (Wildman–Crippen LogP) is 1.12. The number of carbonyl (C=O) groups is 5. The second-order valence-electron chi connectivity index (χ2n) is 9.76. The maximum absolute atomic E-state index is 13.4. The molecule has 0 aliphatic carbocycles. The molecule has 2 bridgehead atoms. The lowest BCUT2D eigenvalue weighted by Gasteiger charge is -2.25. The minimum atomic E-state index is -0.889. The Bertz CT molecular complexity index is 1200. The van der Waals surface area contributed by atoms with E-state index in [9.17, 15) is 24.0 Å². The van der Waals surface area contributed by atoms with Crippen molar-refractivity contribution in [3.63, 3.8) is 0 Å². The fourth-order valence-corrected chi connectivity index (χ4v) is 5.47. The molecule has 2 aromatic rings. The normalized spacial score (nSPS) is 24.7. The van der Waals surface area contributed by atoms with Gasteiger partial charge in [-0.2, -0.15) is 0 Å². The van der Waals surface area contributed by atoms with Crippen LogP contribution in [-0.4, -0.2) is 59.2 Å². The molecule has 39 heavy (non-hydrogen) atoms. The third-order valence-electron chi connectivity index (χ3n) is 6.84. The van der Waals surface area contributed by atoms with Crippen LogP contribution in [0.25, 0.3) is 0 Å². The van der Waals surface area contributed by atoms with Crippen LogP contribution in [-0.2, 0) is 25.6 Å². The van der Waals surface area contributed by atoms with E-state index in [-0.39, 0.29) is 24.1 Å². The minimum Gasteiger partial charge on any atom is -0.351 e. The molecular weight excluding hydrogens is 520 g/mol. The standard InChI is InChI=1S/C27H34N6O5S/c1-2-17-24(36)32-20(14-16-8-4-3-5-9-16)27-33-21(15-39-27)23(35)28-13-7-6-10-18(25(37)30-17)31-26(38)19-11-12-22(34)29-19/h3-5,8-9,15,17-20H,2,6-7,10-14H2,1H3,(H,28,35)(H,29,34)(H,30,37)(H,31,38)(H,32,36)/t17-,18+,19+,20+/m1/s1. The van der Waals surface area contributed by atoms with E-state index >= 15 is 0 Å². The quantitative estimate of drug-likeness (QED) is 0.373. The molecule has 1 fully saturated rings. The van der Waals surface area contributed by atoms with Crippen molar-refractivity contribution in [2.75, 3.05) is 6.54 Å². The molecule has 3 heterocycles. The third-order valence-corrected chi connectivity index (χ3v) is 7.80. The number of carbonyl (C=O) groups excluding carboxylic acids is 5. The van der Waals surface area contributed by atoms with Gasteiger partial charge in [0.15, 0.2) is 0 Å². The van der Waals surface area contributed by atoms with Crippen LogP contribution >= 0.6 is 11.3 Å². The highest BCUT2D eigenvalue weighted by atomic mass is 32.1. The Labute approximate surface area is 230 Å². The Hall–Kier alpha value is -3.80. The highest BCUT2D eigenvalue weighted by molar-refractivity contribution is 7.09. The van der Waals surface area contributed by atoms with Crippen LogP contribution in [0.2, 0.25) is 0 Å². The van der Waals surface area contributed by atoms with Gasteiger partial charge in [0.25, 0.3) is 5.91 Å². The van der Waals surface area contributed by atoms with Crippen LogP contribution in [0.1, 0.15) is 72.6 Å². The summed E-state index contributed by atoms with van der Waals surface area (Å²) in [6, 6.07) is 6.71. The van der Waals surface area contributed by atoms with Crippen molar-refractivity contribution in [2.45, 2.75) is 76.0 Å². The van der Waals surface area contributed by atoms with Crippen molar-refractivity contribution in [2.24, 2.45) is 0 Å². The van der Waals surface area contributed by atoms with Gasteiger partial charge in [0.05, 0.1) is 6.04 Å². The second kappa shape index (κ2) is 13.3. The number of amides is 5. The molecule has 4 rings (SSSR count). The van der Waals surface area contributed by atoms with Crippen molar-refractivity contribution in [1.29, 1.82) is 0 Å². The molecule has 5 N–H and O–H groups in total. The number of fused-ring (bicyclic) bond motifs is 2. The van der Waals surface area contributed by atoms with Crippen LogP contribution in [0.5, 0.6) is 0 Å². The van der Waals surface area contributed by atoms with Crippen LogP contribution in [0.3, 0.4) is 0 Å². The zero-order chi connectivity index (χ0) is 27.8. The number of rotatable bonds is 5. The average molecular weight is 555 g/mol. The Balaban J connectivity index is 1.54. The topological polar surface area (TPSA) is 158 Å². The molecule has 1 saturated heterocycles. The first-order valence-electron chi connectivity index (χ1n) is 13.3. The summed E-state index contributed by atoms with van der Waals surface area (Å²) in [5.41, 5.74) is 1.27. The van der Waals surface area contributed by atoms with Crippen molar-refractivity contribution in [1.82, 2.24) is 31.6 Å². The van der Waals surface area contributed by atoms with Crippen molar-refractivity contribution >= 4 is 40.9 Å². The smallest absolute Gasteiger partial charge is 0.270 e. The number of nitrogens with zero attached hydrogens (tertiary/aromatic N) is 1. The van der Waals surface area contributed by atoms with Gasteiger partial charge < -0.3 is 26.6 Å². The van der Waals surface area contributed by atoms with Gasteiger partial charge in [-0.25, -0.2) is 4.98 Å². The van der Waals surface area contributed by atoms with Gasteiger partial charge in [0.2, 0.25) is 23.6 Å². The fourth-order valence-electron chi connectivity index (χ4n) is 4.62. The lowest BCUT2D eigenvalue weighted by Crippen LogP contribution is -2.56. The lowest BCUT2D eigenvalue weighted by atomic mass is 10.0. The molecule has 4 atom stereocenters. The number of benzene rings is 1. The van der Waals surface area contributed by atoms with E-state index in [1.54, 1.807) is 12.3 Å². The largest absolute Gasteiger partial charge is 0.351 e. The maximum Gasteiger partial charge on any atom is 0.270 e. The van der Waals surface area contributed by atoms with Gasteiger partial charge in [-0.1, -0.05) is 37.3 Å². The predicted molar refractivity (Wildman–Crippen MR) is 145 cm³/mol. The summed E-state index contributed by atoms with van der Waals surface area (Å²) in [5, 5.41) is 16.3. The van der Waals surface area contributed by atoms with Crippen molar-refractivity contribution in [3.8, 4) is 0 Å². The first-order valence-corrected chi connectivity index (χ1v) is 14.2. The average Bonchev–Trinajstić information content (AvgIpc) is 3.60. The zero-order valence-corrected chi connectivity index (χ0v) is 22.6. The molecule has 11 nitrogen and oxygen atoms in total. The summed E-state index contributed by atoms with van der Waals surface area (Å²) in [6.07, 6.45) is 2.85. The maximum atomic E-state index is 13.4. The van der Waals surface area contributed by atoms with Gasteiger partial charge in [0.1, 0.15) is 28.8 Å². The van der Waals surface area contributed by atoms with Crippen molar-refractivity contribution < 1.29 is 24.0 Å². The number of hydrogen-bond acceptors (Lipinski definition) is 7. The number of thiazole rings is 1. The van der Waals surface area contributed by atoms with Crippen LogP contribution in [0, 0.1) is 0 Å². The zero-order valence-electron chi connectivity index (χ0n) is 21.8. The molecule has 1 aromatic carbocycles.